The number of hydrogen-bond acceptors (Lipinski definition) is 0. The summed E-state index contributed by atoms with van der Waals surface area (Å²) >= 11 is 5.20. The third-order valence-electron chi connectivity index (χ3n) is 0.271. The second-order valence-electron chi connectivity index (χ2n) is 0.689. The van der Waals surface area contributed by atoms with E-state index in [0.29, 0.717) is 5.88 Å². The number of alkyl halides is 1. The van der Waals surface area contributed by atoms with Crippen LogP contribution < -0.4 is 0 Å². The van der Waals surface area contributed by atoms with Crippen molar-refractivity contribution in [2.75, 3.05) is 5.88 Å². The summed E-state index contributed by atoms with van der Waals surface area (Å²) in [6.45, 7) is 3.34. The molecule has 0 aromatic carbocycles. The van der Waals surface area contributed by atoms with Gasteiger partial charge in [0.2, 0.25) is 0 Å². The van der Waals surface area contributed by atoms with Crippen LogP contribution in [0.3, 0.4) is 0 Å². The fraction of sp³-hybridized carbons (Fsp3) is 0.500. The van der Waals surface area contributed by atoms with Crippen molar-refractivity contribution in [1.82, 2.24) is 0 Å². The first-order chi connectivity index (χ1) is 2.41. The molecule has 0 aliphatic rings. The third kappa shape index (κ3) is 4.03. The molecule has 0 amide bonds. The van der Waals surface area contributed by atoms with Crippen LogP contribution in [0.1, 0.15) is 6.42 Å². The Labute approximate surface area is 37.4 Å². The van der Waals surface area contributed by atoms with Crippen LogP contribution in [0.15, 0.2) is 6.58 Å². The Bertz CT molecular complexity index is 24.8. The van der Waals surface area contributed by atoms with E-state index in [1.54, 1.807) is 0 Å². The molecule has 1 heteroatoms. The van der Waals surface area contributed by atoms with Crippen LogP contribution in [-0.2, 0) is 0 Å². The summed E-state index contributed by atoms with van der Waals surface area (Å²) in [7, 11) is 0. The zero-order valence-corrected chi connectivity index (χ0v) is 3.76. The highest BCUT2D eigenvalue weighted by atomic mass is 35.5. The second kappa shape index (κ2) is 4.03. The summed E-state index contributed by atoms with van der Waals surface area (Å²) in [5.41, 5.74) is 0. The zero-order valence-electron chi connectivity index (χ0n) is 3.00. The van der Waals surface area contributed by atoms with Crippen LogP contribution in [0.5, 0.6) is 0 Å². The summed E-state index contributed by atoms with van der Waals surface area (Å²) < 4.78 is 0. The first-order valence-electron chi connectivity index (χ1n) is 1.47. The van der Waals surface area contributed by atoms with Gasteiger partial charge in [-0.2, -0.15) is 0 Å². The number of hydrogen-bond donors (Lipinski definition) is 0. The highest BCUT2D eigenvalue weighted by Gasteiger charge is 1.65. The largest absolute Gasteiger partial charge is 0.126 e. The van der Waals surface area contributed by atoms with Gasteiger partial charge in [0, 0.05) is 5.88 Å². The van der Waals surface area contributed by atoms with Gasteiger partial charge >= 0.3 is 0 Å². The van der Waals surface area contributed by atoms with Crippen molar-refractivity contribution < 1.29 is 0 Å². The van der Waals surface area contributed by atoms with E-state index in [-0.39, 0.29) is 0 Å². The highest BCUT2D eigenvalue weighted by Crippen LogP contribution is 1.79. The van der Waals surface area contributed by atoms with Gasteiger partial charge in [-0.05, 0) is 6.42 Å². The van der Waals surface area contributed by atoms with Gasteiger partial charge in [0.15, 0.2) is 0 Å². The molecule has 0 atom stereocenters. The molecule has 0 fully saturated rings. The minimum Gasteiger partial charge on any atom is -0.126 e. The maximum atomic E-state index is 5.20. The summed E-state index contributed by atoms with van der Waals surface area (Å²) in [5, 5.41) is 0. The number of allylic oxidation sites excluding steroid dienone is 1. The van der Waals surface area contributed by atoms with Gasteiger partial charge in [-0.15, -0.1) is 11.6 Å². The average Bonchev–Trinajstić information content (AvgIpc) is 1.41. The molecule has 0 saturated carbocycles. The minimum absolute atomic E-state index is 0.642. The molecule has 0 nitrogen and oxygen atoms in total. The summed E-state index contributed by atoms with van der Waals surface area (Å²) in [6, 6.07) is 0. The van der Waals surface area contributed by atoms with Crippen LogP contribution in [0.25, 0.3) is 0 Å². The van der Waals surface area contributed by atoms with Crippen LogP contribution in [0, 0.1) is 6.08 Å². The Morgan fingerprint density at radius 3 is 2.40 bits per heavy atom. The van der Waals surface area contributed by atoms with Crippen molar-refractivity contribution in [1.29, 1.82) is 0 Å². The van der Waals surface area contributed by atoms with Crippen molar-refractivity contribution in [2.45, 2.75) is 6.42 Å². The maximum absolute atomic E-state index is 5.20. The molecule has 0 heterocycles. The topological polar surface area (TPSA) is 0 Å². The van der Waals surface area contributed by atoms with E-state index in [4.69, 9.17) is 11.6 Å². The molecule has 0 spiro atoms. The molecule has 5 heavy (non-hydrogen) atoms. The summed E-state index contributed by atoms with van der Waals surface area (Å²) in [6.07, 6.45) is 3.43. The lowest BCUT2D eigenvalue weighted by Gasteiger charge is -1.69. The average molecular weight is 89.5 g/mol. The van der Waals surface area contributed by atoms with Crippen LogP contribution >= 0.6 is 11.6 Å². The van der Waals surface area contributed by atoms with Crippen LogP contribution in [0.2, 0.25) is 0 Å². The Balaban J connectivity index is 2.40. The zero-order chi connectivity index (χ0) is 4.12. The van der Waals surface area contributed by atoms with Gasteiger partial charge in [0.1, 0.15) is 0 Å². The second-order valence-corrected chi connectivity index (χ2v) is 1.07. The quantitative estimate of drug-likeness (QED) is 0.451. The van der Waals surface area contributed by atoms with E-state index >= 15 is 0 Å². The van der Waals surface area contributed by atoms with Crippen molar-refractivity contribution in [2.24, 2.45) is 0 Å². The molecular formula is C4H6Cl. The van der Waals surface area contributed by atoms with Crippen LogP contribution in [-0.4, -0.2) is 5.88 Å². The SMILES string of the molecule is C=[C]CCCl. The molecule has 0 aromatic rings. The number of rotatable bonds is 2. The van der Waals surface area contributed by atoms with Crippen molar-refractivity contribution in [3.8, 4) is 0 Å². The van der Waals surface area contributed by atoms with Gasteiger partial charge in [0.25, 0.3) is 0 Å². The smallest absolute Gasteiger partial charge is 0.0263 e. The standard InChI is InChI=1S/C4H6Cl/c1-2-3-4-5/h1,3-4H2. The maximum Gasteiger partial charge on any atom is 0.0263 e. The molecule has 0 saturated heterocycles. The van der Waals surface area contributed by atoms with Crippen molar-refractivity contribution >= 4 is 11.6 Å². The minimum atomic E-state index is 0.642. The molecule has 0 N–H and O–H groups in total. The fourth-order valence-corrected chi connectivity index (χ4v) is 0.200. The molecule has 0 rings (SSSR count). The molecular weight excluding hydrogens is 83.5 g/mol. The molecule has 0 aliphatic carbocycles. The molecule has 0 aromatic heterocycles. The molecule has 29 valence electrons. The van der Waals surface area contributed by atoms with E-state index in [1.807, 2.05) is 0 Å². The van der Waals surface area contributed by atoms with Crippen molar-refractivity contribution in [3.05, 3.63) is 12.7 Å². The Hall–Kier alpha value is 0.0300. The fourth-order valence-electron chi connectivity index (χ4n) is 0.0668. The van der Waals surface area contributed by atoms with Gasteiger partial charge in [-0.25, -0.2) is 0 Å². The van der Waals surface area contributed by atoms with Gasteiger partial charge in [0.05, 0.1) is 0 Å². The number of halogens is 1. The van der Waals surface area contributed by atoms with E-state index in [2.05, 4.69) is 12.7 Å². The Morgan fingerprint density at radius 1 is 1.80 bits per heavy atom. The van der Waals surface area contributed by atoms with Gasteiger partial charge < -0.3 is 0 Å². The molecule has 1 radical (unpaired) electrons. The monoisotopic (exact) mass is 89.0 g/mol. The van der Waals surface area contributed by atoms with E-state index in [1.165, 1.54) is 0 Å². The van der Waals surface area contributed by atoms with Crippen molar-refractivity contribution in [3.63, 3.8) is 0 Å². The van der Waals surface area contributed by atoms with E-state index in [9.17, 15) is 0 Å². The predicted molar refractivity (Wildman–Crippen MR) is 24.2 cm³/mol. The first-order valence-corrected chi connectivity index (χ1v) is 2.01. The first kappa shape index (κ1) is 5.03. The lowest BCUT2D eigenvalue weighted by molar-refractivity contribution is 1.20. The van der Waals surface area contributed by atoms with E-state index < -0.39 is 0 Å². The predicted octanol–water partition coefficient (Wildman–Crippen LogP) is 1.60. The van der Waals surface area contributed by atoms with E-state index in [0.717, 1.165) is 6.42 Å². The molecule has 0 unspecified atom stereocenters. The third-order valence-corrected chi connectivity index (χ3v) is 0.460. The highest BCUT2D eigenvalue weighted by molar-refractivity contribution is 6.17. The molecule has 0 bridgehead atoms. The Morgan fingerprint density at radius 2 is 2.40 bits per heavy atom. The summed E-state index contributed by atoms with van der Waals surface area (Å²) in [4.78, 5) is 0. The van der Waals surface area contributed by atoms with Gasteiger partial charge in [-0.3, -0.25) is 0 Å². The summed E-state index contributed by atoms with van der Waals surface area (Å²) in [5.74, 6) is 0.642. The Kier molecular flexibility index (Phi) is 4.05. The lowest BCUT2D eigenvalue weighted by Crippen LogP contribution is -1.60. The lowest BCUT2D eigenvalue weighted by atomic mass is 10.5. The van der Waals surface area contributed by atoms with Crippen LogP contribution in [0.4, 0.5) is 0 Å². The van der Waals surface area contributed by atoms with Gasteiger partial charge in [-0.1, -0.05) is 12.7 Å². The normalized spacial score (nSPS) is 7.40. The molecule has 0 aliphatic heterocycles.